The monoisotopic (exact) mass is 229 g/mol. The lowest BCUT2D eigenvalue weighted by Crippen LogP contribution is -2.10. The highest BCUT2D eigenvalue weighted by atomic mass is 16.3. The van der Waals surface area contributed by atoms with Crippen LogP contribution in [0, 0.1) is 6.92 Å². The van der Waals surface area contributed by atoms with E-state index in [9.17, 15) is 4.79 Å². The Morgan fingerprint density at radius 2 is 2.18 bits per heavy atom. The first-order valence-corrected chi connectivity index (χ1v) is 5.65. The third-order valence-electron chi connectivity index (χ3n) is 2.64. The van der Waals surface area contributed by atoms with E-state index >= 15 is 0 Å². The Labute approximate surface area is 100 Å². The smallest absolute Gasteiger partial charge is 0.224 e. The zero-order valence-corrected chi connectivity index (χ0v) is 9.99. The van der Waals surface area contributed by atoms with Crippen LogP contribution in [0.2, 0.25) is 0 Å². The fraction of sp³-hybridized carbons (Fsp3) is 0.214. The van der Waals surface area contributed by atoms with Crippen molar-refractivity contribution in [3.05, 3.63) is 42.2 Å². The Kier molecular flexibility index (Phi) is 3.28. The molecular weight excluding hydrogens is 214 g/mol. The van der Waals surface area contributed by atoms with Gasteiger partial charge in [-0.2, -0.15) is 0 Å². The summed E-state index contributed by atoms with van der Waals surface area (Å²) in [7, 11) is 0. The maximum absolute atomic E-state index is 11.4. The van der Waals surface area contributed by atoms with Gasteiger partial charge in [-0.25, -0.2) is 0 Å². The minimum absolute atomic E-state index is 0.0182. The summed E-state index contributed by atoms with van der Waals surface area (Å²) in [5.74, 6) is 0.821. The van der Waals surface area contributed by atoms with Crippen molar-refractivity contribution < 1.29 is 9.21 Å². The minimum atomic E-state index is 0.0182. The summed E-state index contributed by atoms with van der Waals surface area (Å²) < 4.78 is 5.33. The molecule has 0 aliphatic heterocycles. The summed E-state index contributed by atoms with van der Waals surface area (Å²) in [5.41, 5.74) is 2.85. The zero-order valence-electron chi connectivity index (χ0n) is 9.99. The van der Waals surface area contributed by atoms with Gasteiger partial charge < -0.3 is 9.73 Å². The predicted octanol–water partition coefficient (Wildman–Crippen LogP) is 3.60. The molecule has 1 aromatic heterocycles. The van der Waals surface area contributed by atoms with Crippen molar-refractivity contribution in [1.82, 2.24) is 0 Å². The molecule has 0 saturated carbocycles. The quantitative estimate of drug-likeness (QED) is 0.873. The molecule has 88 valence electrons. The van der Waals surface area contributed by atoms with Crippen LogP contribution < -0.4 is 5.32 Å². The summed E-state index contributed by atoms with van der Waals surface area (Å²) in [6, 6.07) is 9.64. The lowest BCUT2D eigenvalue weighted by molar-refractivity contribution is -0.115. The number of amides is 1. The normalized spacial score (nSPS) is 10.2. The van der Waals surface area contributed by atoms with E-state index in [-0.39, 0.29) is 5.91 Å². The molecule has 3 nitrogen and oxygen atoms in total. The van der Waals surface area contributed by atoms with E-state index in [0.29, 0.717) is 6.42 Å². The summed E-state index contributed by atoms with van der Waals surface area (Å²) in [5, 5.41) is 2.88. The number of furan rings is 1. The van der Waals surface area contributed by atoms with Crippen LogP contribution in [0.1, 0.15) is 18.9 Å². The number of benzene rings is 1. The van der Waals surface area contributed by atoms with Crippen molar-refractivity contribution in [3.63, 3.8) is 0 Å². The van der Waals surface area contributed by atoms with Crippen molar-refractivity contribution >= 4 is 11.6 Å². The van der Waals surface area contributed by atoms with Crippen LogP contribution >= 0.6 is 0 Å². The number of carbonyl (C=O) groups excluding carboxylic acids is 1. The predicted molar refractivity (Wildman–Crippen MR) is 67.8 cm³/mol. The Balaban J connectivity index is 2.33. The van der Waals surface area contributed by atoms with Crippen LogP contribution in [0.3, 0.4) is 0 Å². The molecule has 2 aromatic rings. The average Bonchev–Trinajstić information content (AvgIpc) is 2.85. The molecule has 2 rings (SSSR count). The van der Waals surface area contributed by atoms with Gasteiger partial charge in [0.1, 0.15) is 5.76 Å². The van der Waals surface area contributed by atoms with E-state index in [1.54, 1.807) is 6.26 Å². The number of nitrogens with one attached hydrogen (secondary N) is 1. The molecular formula is C14H15NO2. The highest BCUT2D eigenvalue weighted by molar-refractivity contribution is 5.92. The summed E-state index contributed by atoms with van der Waals surface area (Å²) in [4.78, 5) is 11.4. The fourth-order valence-electron chi connectivity index (χ4n) is 1.59. The van der Waals surface area contributed by atoms with Crippen molar-refractivity contribution in [2.45, 2.75) is 20.3 Å². The summed E-state index contributed by atoms with van der Waals surface area (Å²) in [6.45, 7) is 3.80. The van der Waals surface area contributed by atoms with E-state index in [1.807, 2.05) is 44.2 Å². The van der Waals surface area contributed by atoms with Gasteiger partial charge in [-0.05, 0) is 30.7 Å². The van der Waals surface area contributed by atoms with Crippen LogP contribution in [0.25, 0.3) is 11.3 Å². The second kappa shape index (κ2) is 4.87. The topological polar surface area (TPSA) is 42.2 Å². The van der Waals surface area contributed by atoms with Gasteiger partial charge in [0, 0.05) is 17.7 Å². The number of aryl methyl sites for hydroxylation is 1. The number of rotatable bonds is 3. The molecule has 0 unspecified atom stereocenters. The molecule has 0 bridgehead atoms. The lowest BCUT2D eigenvalue weighted by Gasteiger charge is -2.08. The van der Waals surface area contributed by atoms with Gasteiger partial charge >= 0.3 is 0 Å². The lowest BCUT2D eigenvalue weighted by atomic mass is 10.1. The van der Waals surface area contributed by atoms with E-state index < -0.39 is 0 Å². The van der Waals surface area contributed by atoms with Crippen LogP contribution in [0.4, 0.5) is 5.69 Å². The van der Waals surface area contributed by atoms with Crippen LogP contribution in [-0.4, -0.2) is 5.91 Å². The molecule has 3 heteroatoms. The first-order valence-electron chi connectivity index (χ1n) is 5.65. The maximum atomic E-state index is 11.4. The Hall–Kier alpha value is -2.03. The first kappa shape index (κ1) is 11.5. The first-order chi connectivity index (χ1) is 8.20. The fourth-order valence-corrected chi connectivity index (χ4v) is 1.59. The Morgan fingerprint density at radius 1 is 1.35 bits per heavy atom. The van der Waals surface area contributed by atoms with Gasteiger partial charge in [0.25, 0.3) is 0 Å². The maximum Gasteiger partial charge on any atom is 0.224 e. The van der Waals surface area contributed by atoms with Crippen molar-refractivity contribution in [2.75, 3.05) is 5.32 Å². The third-order valence-corrected chi connectivity index (χ3v) is 2.64. The van der Waals surface area contributed by atoms with Gasteiger partial charge in [0.05, 0.1) is 6.26 Å². The van der Waals surface area contributed by atoms with Gasteiger partial charge in [-0.1, -0.05) is 19.1 Å². The molecule has 0 aliphatic carbocycles. The highest BCUT2D eigenvalue weighted by Gasteiger charge is 2.06. The molecule has 0 saturated heterocycles. The second-order valence-electron chi connectivity index (χ2n) is 3.91. The SMILES string of the molecule is CCC(=O)Nc1cc(-c2ccco2)ccc1C. The molecule has 1 aromatic carbocycles. The molecule has 0 fully saturated rings. The molecule has 0 atom stereocenters. The van der Waals surface area contributed by atoms with Crippen molar-refractivity contribution in [3.8, 4) is 11.3 Å². The zero-order chi connectivity index (χ0) is 12.3. The molecule has 1 amide bonds. The van der Waals surface area contributed by atoms with Gasteiger partial charge in [0.15, 0.2) is 0 Å². The van der Waals surface area contributed by atoms with Gasteiger partial charge in [-0.15, -0.1) is 0 Å². The van der Waals surface area contributed by atoms with E-state index in [0.717, 1.165) is 22.6 Å². The van der Waals surface area contributed by atoms with Crippen LogP contribution in [-0.2, 0) is 4.79 Å². The van der Waals surface area contributed by atoms with Crippen molar-refractivity contribution in [1.29, 1.82) is 0 Å². The van der Waals surface area contributed by atoms with E-state index in [2.05, 4.69) is 5.32 Å². The molecule has 1 heterocycles. The number of hydrogen-bond donors (Lipinski definition) is 1. The van der Waals surface area contributed by atoms with E-state index in [4.69, 9.17) is 4.42 Å². The highest BCUT2D eigenvalue weighted by Crippen LogP contribution is 2.25. The molecule has 1 N–H and O–H groups in total. The molecule has 17 heavy (non-hydrogen) atoms. The van der Waals surface area contributed by atoms with Crippen molar-refractivity contribution in [2.24, 2.45) is 0 Å². The largest absolute Gasteiger partial charge is 0.464 e. The Morgan fingerprint density at radius 3 is 2.82 bits per heavy atom. The minimum Gasteiger partial charge on any atom is -0.464 e. The molecule has 0 aliphatic rings. The second-order valence-corrected chi connectivity index (χ2v) is 3.91. The standard InChI is InChI=1S/C14H15NO2/c1-3-14(16)15-12-9-11(7-6-10(12)2)13-5-4-8-17-13/h4-9H,3H2,1-2H3,(H,15,16). The Bertz CT molecular complexity index is 515. The van der Waals surface area contributed by atoms with Crippen LogP contribution in [0.15, 0.2) is 41.0 Å². The average molecular weight is 229 g/mol. The van der Waals surface area contributed by atoms with Gasteiger partial charge in [0.2, 0.25) is 5.91 Å². The number of carbonyl (C=O) groups is 1. The number of hydrogen-bond acceptors (Lipinski definition) is 2. The number of anilines is 1. The molecule has 0 spiro atoms. The third kappa shape index (κ3) is 2.56. The summed E-state index contributed by atoms with van der Waals surface area (Å²) >= 11 is 0. The summed E-state index contributed by atoms with van der Waals surface area (Å²) in [6.07, 6.45) is 2.11. The van der Waals surface area contributed by atoms with E-state index in [1.165, 1.54) is 0 Å². The van der Waals surface area contributed by atoms with Gasteiger partial charge in [-0.3, -0.25) is 4.79 Å². The van der Waals surface area contributed by atoms with Crippen LogP contribution in [0.5, 0.6) is 0 Å². The molecule has 0 radical (unpaired) electrons.